The summed E-state index contributed by atoms with van der Waals surface area (Å²) < 4.78 is 0. The van der Waals surface area contributed by atoms with Gasteiger partial charge in [-0.1, -0.05) is 78.9 Å². The lowest BCUT2D eigenvalue weighted by Crippen LogP contribution is -1.89. The molecule has 0 aliphatic heterocycles. The van der Waals surface area contributed by atoms with Gasteiger partial charge in [-0.25, -0.2) is 0 Å². The van der Waals surface area contributed by atoms with Crippen molar-refractivity contribution in [2.24, 2.45) is 0 Å². The van der Waals surface area contributed by atoms with Gasteiger partial charge in [-0.05, 0) is 44.5 Å². The largest absolute Gasteiger partial charge is 0.388 e. The highest BCUT2D eigenvalue weighted by molar-refractivity contribution is 6.23. The summed E-state index contributed by atoms with van der Waals surface area (Å²) in [4.78, 5) is 0. The molecule has 0 saturated carbocycles. The van der Waals surface area contributed by atoms with E-state index in [0.717, 1.165) is 0 Å². The fourth-order valence-corrected chi connectivity index (χ4v) is 3.28. The molecule has 5 rings (SSSR count). The van der Waals surface area contributed by atoms with Crippen LogP contribution in [0.4, 0.5) is 5.69 Å². The van der Waals surface area contributed by atoms with Crippen LogP contribution in [0, 0.1) is 0 Å². The van der Waals surface area contributed by atoms with Gasteiger partial charge in [0.1, 0.15) is 0 Å². The van der Waals surface area contributed by atoms with Gasteiger partial charge in [0.25, 0.3) is 0 Å². The van der Waals surface area contributed by atoms with Crippen molar-refractivity contribution < 1.29 is 0 Å². The molecule has 0 aliphatic carbocycles. The molecule has 0 aromatic heterocycles. The Kier molecular flexibility index (Phi) is 3.76. The number of benzene rings is 5. The molecule has 0 fully saturated rings. The maximum absolute atomic E-state index is 3.23. The van der Waals surface area contributed by atoms with Crippen LogP contribution >= 0.6 is 0 Å². The summed E-state index contributed by atoms with van der Waals surface area (Å²) in [5.41, 5.74) is 1.17. The molecule has 0 heterocycles. The van der Waals surface area contributed by atoms with Crippen molar-refractivity contribution >= 4 is 38.0 Å². The van der Waals surface area contributed by atoms with Crippen molar-refractivity contribution in [1.82, 2.24) is 0 Å². The van der Waals surface area contributed by atoms with Crippen LogP contribution in [0.25, 0.3) is 32.3 Å². The standard InChI is InChI=1S/C17H13N.C6H6/c1-18-15-9-13-7-5-11-3-2-4-12-6-8-14(10-15)17(13)16(11)12;1-2-4-6-5-3-1/h2-10,18H,1H3;1-6H. The Bertz CT molecular complexity index is 990. The van der Waals surface area contributed by atoms with E-state index in [1.807, 2.05) is 43.4 Å². The second-order valence-electron chi connectivity index (χ2n) is 5.91. The van der Waals surface area contributed by atoms with Crippen molar-refractivity contribution in [1.29, 1.82) is 0 Å². The normalized spacial score (nSPS) is 10.7. The number of rotatable bonds is 1. The van der Waals surface area contributed by atoms with E-state index in [2.05, 4.69) is 59.9 Å². The van der Waals surface area contributed by atoms with Crippen LogP contribution in [0.15, 0.2) is 91.0 Å². The van der Waals surface area contributed by atoms with Crippen LogP contribution in [0.3, 0.4) is 0 Å². The minimum Gasteiger partial charge on any atom is -0.388 e. The monoisotopic (exact) mass is 309 g/mol. The smallest absolute Gasteiger partial charge is 0.0350 e. The first-order valence-corrected chi connectivity index (χ1v) is 8.22. The van der Waals surface area contributed by atoms with E-state index in [9.17, 15) is 0 Å². The van der Waals surface area contributed by atoms with E-state index in [1.54, 1.807) is 0 Å². The Morgan fingerprint density at radius 3 is 1.38 bits per heavy atom. The predicted molar refractivity (Wildman–Crippen MR) is 106 cm³/mol. The van der Waals surface area contributed by atoms with E-state index in [1.165, 1.54) is 38.0 Å². The first kappa shape index (κ1) is 14.5. The van der Waals surface area contributed by atoms with Crippen molar-refractivity contribution in [2.45, 2.75) is 0 Å². The molecule has 116 valence electrons. The van der Waals surface area contributed by atoms with Crippen LogP contribution in [0.1, 0.15) is 0 Å². The Balaban J connectivity index is 0.000000207. The predicted octanol–water partition coefficient (Wildman–Crippen LogP) is 6.31. The number of nitrogens with one attached hydrogen (secondary N) is 1. The fourth-order valence-electron chi connectivity index (χ4n) is 3.28. The molecule has 0 unspecified atom stereocenters. The van der Waals surface area contributed by atoms with Gasteiger partial charge in [-0.15, -0.1) is 0 Å². The second kappa shape index (κ2) is 6.21. The molecule has 0 bridgehead atoms. The number of anilines is 1. The summed E-state index contributed by atoms with van der Waals surface area (Å²) in [5, 5.41) is 11.2. The van der Waals surface area contributed by atoms with E-state index in [4.69, 9.17) is 0 Å². The Morgan fingerprint density at radius 2 is 0.917 bits per heavy atom. The topological polar surface area (TPSA) is 12.0 Å². The number of hydrogen-bond acceptors (Lipinski definition) is 1. The quantitative estimate of drug-likeness (QED) is 0.358. The van der Waals surface area contributed by atoms with E-state index >= 15 is 0 Å². The summed E-state index contributed by atoms with van der Waals surface area (Å²) in [6.45, 7) is 0. The van der Waals surface area contributed by atoms with Crippen LogP contribution in [0.2, 0.25) is 0 Å². The molecule has 1 nitrogen and oxygen atoms in total. The van der Waals surface area contributed by atoms with Crippen LogP contribution in [0.5, 0.6) is 0 Å². The summed E-state index contributed by atoms with van der Waals surface area (Å²) in [7, 11) is 1.97. The zero-order chi connectivity index (χ0) is 16.4. The summed E-state index contributed by atoms with van der Waals surface area (Å²) in [6, 6.07) is 31.8. The Labute approximate surface area is 141 Å². The molecule has 1 heteroatoms. The third kappa shape index (κ3) is 2.55. The molecule has 0 atom stereocenters. The van der Waals surface area contributed by atoms with Gasteiger partial charge in [0.15, 0.2) is 0 Å². The van der Waals surface area contributed by atoms with Crippen molar-refractivity contribution in [2.75, 3.05) is 12.4 Å². The van der Waals surface area contributed by atoms with Gasteiger partial charge in [-0.3, -0.25) is 0 Å². The van der Waals surface area contributed by atoms with Crippen molar-refractivity contribution in [3.05, 3.63) is 91.0 Å². The highest BCUT2D eigenvalue weighted by Crippen LogP contribution is 2.35. The third-order valence-corrected chi connectivity index (χ3v) is 4.42. The first-order valence-electron chi connectivity index (χ1n) is 8.22. The molecule has 0 aliphatic rings. The highest BCUT2D eigenvalue weighted by atomic mass is 14.8. The van der Waals surface area contributed by atoms with E-state index < -0.39 is 0 Å². The zero-order valence-electron chi connectivity index (χ0n) is 13.7. The van der Waals surface area contributed by atoms with Crippen LogP contribution in [-0.4, -0.2) is 7.05 Å². The van der Waals surface area contributed by atoms with Crippen molar-refractivity contribution in [3.63, 3.8) is 0 Å². The lowest BCUT2D eigenvalue weighted by molar-refractivity contribution is 1.54. The minimum absolute atomic E-state index is 1.17. The SMILES string of the molecule is CNc1cc2ccc3cccc4ccc(c1)c2c34.c1ccccc1. The highest BCUT2D eigenvalue weighted by Gasteiger charge is 2.08. The average Bonchev–Trinajstić information content (AvgIpc) is 2.67. The number of hydrogen-bond donors (Lipinski definition) is 1. The summed E-state index contributed by atoms with van der Waals surface area (Å²) >= 11 is 0. The second-order valence-corrected chi connectivity index (χ2v) is 5.91. The third-order valence-electron chi connectivity index (χ3n) is 4.42. The van der Waals surface area contributed by atoms with Gasteiger partial charge in [0.2, 0.25) is 0 Å². The Hall–Kier alpha value is -3.06. The van der Waals surface area contributed by atoms with Crippen LogP contribution < -0.4 is 5.32 Å². The summed E-state index contributed by atoms with van der Waals surface area (Å²) in [6.07, 6.45) is 0. The lowest BCUT2D eigenvalue weighted by atomic mass is 9.94. The molecule has 24 heavy (non-hydrogen) atoms. The lowest BCUT2D eigenvalue weighted by Gasteiger charge is -2.12. The fraction of sp³-hybridized carbons (Fsp3) is 0.0435. The molecule has 0 saturated heterocycles. The summed E-state index contributed by atoms with van der Waals surface area (Å²) in [5.74, 6) is 0. The van der Waals surface area contributed by atoms with Crippen molar-refractivity contribution in [3.8, 4) is 0 Å². The van der Waals surface area contributed by atoms with Crippen LogP contribution in [-0.2, 0) is 0 Å². The maximum atomic E-state index is 3.23. The van der Waals surface area contributed by atoms with Gasteiger partial charge in [0, 0.05) is 12.7 Å². The molecule has 0 amide bonds. The molecule has 1 N–H and O–H groups in total. The zero-order valence-corrected chi connectivity index (χ0v) is 13.7. The molecular weight excluding hydrogens is 290 g/mol. The Morgan fingerprint density at radius 1 is 0.500 bits per heavy atom. The van der Waals surface area contributed by atoms with Gasteiger partial charge < -0.3 is 5.32 Å². The van der Waals surface area contributed by atoms with Gasteiger partial charge in [0.05, 0.1) is 0 Å². The van der Waals surface area contributed by atoms with Gasteiger partial charge in [-0.2, -0.15) is 0 Å². The van der Waals surface area contributed by atoms with Gasteiger partial charge >= 0.3 is 0 Å². The molecule has 5 aromatic rings. The molecule has 5 aromatic carbocycles. The minimum atomic E-state index is 1.17. The average molecular weight is 309 g/mol. The molecular formula is C23H19N. The molecule has 0 spiro atoms. The molecule has 0 radical (unpaired) electrons. The first-order chi connectivity index (χ1) is 11.9. The van der Waals surface area contributed by atoms with E-state index in [-0.39, 0.29) is 0 Å². The maximum Gasteiger partial charge on any atom is 0.0350 e. The van der Waals surface area contributed by atoms with E-state index in [0.29, 0.717) is 0 Å².